The van der Waals surface area contributed by atoms with Gasteiger partial charge in [0, 0.05) is 76.6 Å². The molecule has 12 heteroatoms. The molecule has 0 N–H and O–H groups in total. The predicted octanol–water partition coefficient (Wildman–Crippen LogP) is 18.2. The van der Waals surface area contributed by atoms with Gasteiger partial charge in [0.2, 0.25) is 17.1 Å². The van der Waals surface area contributed by atoms with Crippen molar-refractivity contribution in [3.05, 3.63) is 179 Å². The van der Waals surface area contributed by atoms with Gasteiger partial charge in [-0.1, -0.05) is 72.8 Å². The molecule has 12 aromatic rings. The van der Waals surface area contributed by atoms with E-state index in [4.69, 9.17) is 24.2 Å². The second kappa shape index (κ2) is 19.9. The Morgan fingerprint density at radius 2 is 0.707 bits per heavy atom. The summed E-state index contributed by atoms with van der Waals surface area (Å²) in [7, 11) is 0. The van der Waals surface area contributed by atoms with E-state index in [2.05, 4.69) is 90.9 Å². The van der Waals surface area contributed by atoms with Crippen molar-refractivity contribution in [1.29, 1.82) is 0 Å². The maximum atomic E-state index is 8.82. The maximum Gasteiger partial charge on any atom is 0.227 e. The van der Waals surface area contributed by atoms with Crippen LogP contribution in [-0.2, 0) is 0 Å². The van der Waals surface area contributed by atoms with Crippen LogP contribution in [-0.4, -0.2) is 52.5 Å². The van der Waals surface area contributed by atoms with Crippen LogP contribution in [0.15, 0.2) is 159 Å². The number of benzene rings is 6. The highest BCUT2D eigenvalue weighted by Crippen LogP contribution is 2.52. The van der Waals surface area contributed by atoms with E-state index >= 15 is 0 Å². The highest BCUT2D eigenvalue weighted by atomic mass is 16.3. The normalized spacial score (nSPS) is 19.2. The van der Waals surface area contributed by atoms with Gasteiger partial charge in [0.25, 0.3) is 0 Å². The molecule has 6 aromatic carbocycles. The number of furan rings is 3. The molecule has 6 aromatic heterocycles. The Hall–Kier alpha value is -9.03. The van der Waals surface area contributed by atoms with Crippen molar-refractivity contribution in [1.82, 2.24) is 15.0 Å². The van der Waals surface area contributed by atoms with E-state index in [1.54, 1.807) is 4.90 Å². The summed E-state index contributed by atoms with van der Waals surface area (Å²) in [6.07, 6.45) is -0.832. The highest BCUT2D eigenvalue weighted by molar-refractivity contribution is 6.12. The second-order valence-electron chi connectivity index (χ2n) is 22.2. The Morgan fingerprint density at radius 1 is 0.390 bits per heavy atom. The lowest BCUT2D eigenvalue weighted by Gasteiger charge is -2.33. The van der Waals surface area contributed by atoms with Crippen molar-refractivity contribution in [3.8, 4) is 0 Å². The van der Waals surface area contributed by atoms with Crippen LogP contribution in [0.1, 0.15) is 93.1 Å². The molecule has 0 spiro atoms. The third-order valence-corrected chi connectivity index (χ3v) is 16.5. The van der Waals surface area contributed by atoms with Crippen molar-refractivity contribution in [2.45, 2.75) is 120 Å². The molecule has 0 saturated carbocycles. The number of nitrogens with zero attached hydrogens (tertiary/aromatic N) is 9. The summed E-state index contributed by atoms with van der Waals surface area (Å²) in [5.74, 6) is 0. The lowest BCUT2D eigenvalue weighted by Crippen LogP contribution is -2.42. The minimum absolute atomic E-state index is 0.0212. The minimum Gasteiger partial charge on any atom is -0.435 e. The van der Waals surface area contributed by atoms with Crippen LogP contribution in [0.3, 0.4) is 0 Å². The van der Waals surface area contributed by atoms with Gasteiger partial charge in [-0.25, -0.2) is 15.0 Å². The van der Waals surface area contributed by atoms with Gasteiger partial charge in [0.15, 0.2) is 16.7 Å². The Morgan fingerprint density at radius 3 is 1.06 bits per heavy atom. The van der Waals surface area contributed by atoms with Crippen LogP contribution in [0.25, 0.3) is 66.2 Å². The molecule has 4 atom stereocenters. The van der Waals surface area contributed by atoms with Crippen LogP contribution in [0.2, 0.25) is 0 Å². The summed E-state index contributed by atoms with van der Waals surface area (Å²) in [4.78, 5) is 25.5. The van der Waals surface area contributed by atoms with Crippen LogP contribution in [0.4, 0.5) is 51.2 Å². The highest BCUT2D eigenvalue weighted by Gasteiger charge is 2.39. The lowest BCUT2D eigenvalue weighted by molar-refractivity contribution is 0.601. The van der Waals surface area contributed by atoms with Crippen molar-refractivity contribution in [3.63, 3.8) is 0 Å². The average Bonchev–Trinajstić information content (AvgIpc) is 1.58. The lowest BCUT2D eigenvalue weighted by atomic mass is 10.1. The number of hydrogen-bond acceptors (Lipinski definition) is 12. The summed E-state index contributed by atoms with van der Waals surface area (Å²) in [6, 6.07) is 45.6. The minimum atomic E-state index is -2.49. The van der Waals surface area contributed by atoms with E-state index in [-0.39, 0.29) is 6.17 Å². The summed E-state index contributed by atoms with van der Waals surface area (Å²) < 4.78 is 84.7. The molecule has 82 heavy (non-hydrogen) atoms. The van der Waals surface area contributed by atoms with Crippen molar-refractivity contribution >= 4 is 117 Å². The smallest absolute Gasteiger partial charge is 0.227 e. The zero-order valence-electron chi connectivity index (χ0n) is 56.3. The van der Waals surface area contributed by atoms with Gasteiger partial charge in [-0.3, -0.25) is 0 Å². The first kappa shape index (κ1) is 43.7. The van der Waals surface area contributed by atoms with E-state index in [0.29, 0.717) is 28.4 Å². The molecular weight excluding hydrogens is 1010 g/mol. The fraction of sp³-hybridized carbons (Fsp3) is 0.271. The summed E-state index contributed by atoms with van der Waals surface area (Å²) in [5, 5.41) is 5.94. The maximum absolute atomic E-state index is 8.82. The largest absolute Gasteiger partial charge is 0.435 e. The van der Waals surface area contributed by atoms with E-state index in [0.717, 1.165) is 123 Å². The van der Waals surface area contributed by atoms with E-state index in [1.807, 2.05) is 165 Å². The molecule has 15 rings (SSSR count). The first-order valence-electron chi connectivity index (χ1n) is 32.0. The molecule has 3 aliphatic heterocycles. The molecule has 414 valence electrons. The number of rotatable bonds is 5. The van der Waals surface area contributed by atoms with Crippen molar-refractivity contribution in [2.24, 2.45) is 0 Å². The number of fused-ring (bicyclic) bond motifs is 12. The Bertz CT molecular complexity index is 4640. The third-order valence-electron chi connectivity index (χ3n) is 16.5. The van der Waals surface area contributed by atoms with E-state index < -0.39 is 38.2 Å². The van der Waals surface area contributed by atoms with Gasteiger partial charge in [-0.05, 0) is 179 Å². The number of para-hydroxylation sites is 6. The van der Waals surface area contributed by atoms with Gasteiger partial charge >= 0.3 is 0 Å². The van der Waals surface area contributed by atoms with Gasteiger partial charge in [0.05, 0.1) is 53.9 Å². The number of anilines is 9. The molecule has 0 amide bonds. The predicted molar refractivity (Wildman–Crippen MR) is 341 cm³/mol. The van der Waals surface area contributed by atoms with Gasteiger partial charge in [-0.2, -0.15) is 0 Å². The quantitative estimate of drug-likeness (QED) is 0.164. The molecule has 0 aliphatic carbocycles. The second-order valence-corrected chi connectivity index (χ2v) is 22.2. The van der Waals surface area contributed by atoms with Gasteiger partial charge < -0.3 is 42.7 Å². The Kier molecular flexibility index (Phi) is 10.6. The Labute approximate surface area is 491 Å². The van der Waals surface area contributed by atoms with Crippen LogP contribution >= 0.6 is 0 Å². The SMILES string of the molecule is [2H]C(C)(C)N1c2ccccc2N(c2c(C)ccc3c2oc2nc(C)ccc23)C1C.[2H]C([2H])([2H])C([2H])(C)N1c2ccccc2N(c2c(C)ccc3c2oc2nc(C)ccc23)C1C.[2H]C([2H])([2H])N1c2ccccc2N(c2c(C)ccc3c2oc2nc(C)ccc23)C1C. The van der Waals surface area contributed by atoms with Crippen LogP contribution < -0.4 is 29.4 Å². The van der Waals surface area contributed by atoms with Gasteiger partial charge in [-0.15, -0.1) is 0 Å². The van der Waals surface area contributed by atoms with Crippen LogP contribution in [0, 0.1) is 41.5 Å². The molecular formula is C70H71N9O3. The summed E-state index contributed by atoms with van der Waals surface area (Å²) in [5.41, 5.74) is 18.1. The first-order valence-corrected chi connectivity index (χ1v) is 28.0. The van der Waals surface area contributed by atoms with Crippen LogP contribution in [0.5, 0.6) is 0 Å². The number of aromatic nitrogens is 3. The van der Waals surface area contributed by atoms with E-state index in [9.17, 15) is 0 Å². The molecule has 0 bridgehead atoms. The third kappa shape index (κ3) is 8.19. The number of hydrogen-bond donors (Lipinski definition) is 0. The molecule has 9 heterocycles. The summed E-state index contributed by atoms with van der Waals surface area (Å²) >= 11 is 0. The first-order chi connectivity index (χ1) is 42.6. The zero-order valence-corrected chi connectivity index (χ0v) is 48.3. The monoisotopic (exact) mass is 1090 g/mol. The zero-order chi connectivity index (χ0) is 64.0. The number of aryl methyl sites for hydroxylation is 6. The average molecular weight is 1090 g/mol. The molecule has 12 nitrogen and oxygen atoms in total. The fourth-order valence-electron chi connectivity index (χ4n) is 12.8. The van der Waals surface area contributed by atoms with Gasteiger partial charge in [0.1, 0.15) is 18.5 Å². The van der Waals surface area contributed by atoms with E-state index in [1.165, 1.54) is 11.8 Å². The molecule has 4 unspecified atom stereocenters. The molecule has 0 radical (unpaired) electrons. The topological polar surface area (TPSA) is 97.5 Å². The van der Waals surface area contributed by atoms with Crippen molar-refractivity contribution < 1.29 is 24.2 Å². The summed E-state index contributed by atoms with van der Waals surface area (Å²) in [6.45, 7) is 18.6. The molecule has 0 fully saturated rings. The fourth-order valence-corrected chi connectivity index (χ4v) is 12.8. The van der Waals surface area contributed by atoms with Crippen molar-refractivity contribution in [2.75, 3.05) is 36.4 Å². The Balaban J connectivity index is 0.000000124. The number of pyridine rings is 3. The molecule has 0 saturated heterocycles. The standard InChI is InChI=1S/2C24H25N3O.C22H21N3O/c2*1-14(2)26-17(5)27(21-9-7-6-8-20(21)26)22-15(3)10-12-18-19-13-11-16(4)25-24(19)28-23(18)22;1-13-9-11-16-17-12-10-14(2)23-22(17)26-21(16)20(13)25-15(3)24(4)18-7-5-6-8-19(18)25/h2*6-14,17H,1-5H3;5-12,15H,1-4H3/i1D3,14D;14D;4D3. The molecule has 3 aliphatic rings.